The van der Waals surface area contributed by atoms with Gasteiger partial charge in [-0.3, -0.25) is 0 Å². The van der Waals surface area contributed by atoms with Gasteiger partial charge in [-0.1, -0.05) is 27.7 Å². The van der Waals surface area contributed by atoms with E-state index in [-0.39, 0.29) is 12.7 Å². The highest BCUT2D eigenvalue weighted by molar-refractivity contribution is 6.47. The molecule has 16 heavy (non-hydrogen) atoms. The molecule has 0 radical (unpaired) electrons. The zero-order chi connectivity index (χ0) is 11.7. The van der Waals surface area contributed by atoms with Gasteiger partial charge in [-0.2, -0.15) is 0 Å². The molecule has 0 amide bonds. The van der Waals surface area contributed by atoms with Gasteiger partial charge in [0.05, 0.1) is 11.7 Å². The topological polar surface area (TPSA) is 18.5 Å². The maximum Gasteiger partial charge on any atom is 0.460 e. The Kier molecular flexibility index (Phi) is 2.12. The molecule has 1 saturated heterocycles. The van der Waals surface area contributed by atoms with Crippen LogP contribution in [0.4, 0.5) is 0 Å². The monoisotopic (exact) mass is 222 g/mol. The average molecular weight is 222 g/mol. The highest BCUT2D eigenvalue weighted by atomic mass is 16.7. The minimum Gasteiger partial charge on any atom is -0.405 e. The van der Waals surface area contributed by atoms with Crippen LogP contribution in [0, 0.1) is 17.3 Å². The van der Waals surface area contributed by atoms with E-state index in [1.807, 2.05) is 0 Å². The zero-order valence-electron chi connectivity index (χ0n) is 11.1. The highest BCUT2D eigenvalue weighted by Gasteiger charge is 2.67. The van der Waals surface area contributed by atoms with Gasteiger partial charge in [0.1, 0.15) is 0 Å². The molecule has 0 N–H and O–H groups in total. The number of rotatable bonds is 1. The molecule has 3 saturated carbocycles. The fourth-order valence-electron chi connectivity index (χ4n) is 4.19. The lowest BCUT2D eigenvalue weighted by Crippen LogP contribution is -2.65. The molecule has 0 aromatic heterocycles. The predicted octanol–water partition coefficient (Wildman–Crippen LogP) is 3.12. The lowest BCUT2D eigenvalue weighted by atomic mass is 9.43. The van der Waals surface area contributed by atoms with Crippen molar-refractivity contribution < 1.29 is 9.31 Å². The van der Waals surface area contributed by atoms with Gasteiger partial charge in [0.2, 0.25) is 0 Å². The molecular weight excluding hydrogens is 199 g/mol. The Morgan fingerprint density at radius 2 is 1.88 bits per heavy atom. The van der Waals surface area contributed by atoms with Crippen LogP contribution in [0.15, 0.2) is 0 Å². The smallest absolute Gasteiger partial charge is 0.405 e. The van der Waals surface area contributed by atoms with Crippen LogP contribution in [0.5, 0.6) is 0 Å². The third-order valence-electron chi connectivity index (χ3n) is 5.51. The molecule has 4 atom stereocenters. The first kappa shape index (κ1) is 11.1. The van der Waals surface area contributed by atoms with Crippen molar-refractivity contribution in [1.82, 2.24) is 0 Å². The van der Waals surface area contributed by atoms with Crippen molar-refractivity contribution in [3.63, 3.8) is 0 Å². The minimum absolute atomic E-state index is 0.0187. The van der Waals surface area contributed by atoms with E-state index in [1.54, 1.807) is 0 Å². The molecular formula is C13H23BO2. The summed E-state index contributed by atoms with van der Waals surface area (Å²) in [7, 11) is 0.0187. The van der Waals surface area contributed by atoms with Crippen molar-refractivity contribution in [3.8, 4) is 0 Å². The first-order valence-corrected chi connectivity index (χ1v) is 6.69. The molecule has 3 aliphatic carbocycles. The van der Waals surface area contributed by atoms with Crippen LogP contribution in [-0.4, -0.2) is 18.8 Å². The summed E-state index contributed by atoms with van der Waals surface area (Å²) in [6, 6.07) is 0. The Hall–Kier alpha value is -0.0151. The quantitative estimate of drug-likeness (QED) is 0.634. The van der Waals surface area contributed by atoms with Crippen molar-refractivity contribution in [2.45, 2.75) is 65.0 Å². The second-order valence-electron chi connectivity index (χ2n) is 7.08. The molecule has 0 aromatic carbocycles. The average Bonchev–Trinajstić information content (AvgIpc) is 2.54. The van der Waals surface area contributed by atoms with Gasteiger partial charge >= 0.3 is 7.12 Å². The zero-order valence-corrected chi connectivity index (χ0v) is 11.1. The summed E-state index contributed by atoms with van der Waals surface area (Å²) < 4.78 is 12.4. The molecule has 4 unspecified atom stereocenters. The second kappa shape index (κ2) is 3.05. The summed E-state index contributed by atoms with van der Waals surface area (Å²) in [5, 5.41) is 0. The normalized spacial score (nSPS) is 49.1. The highest BCUT2D eigenvalue weighted by Crippen LogP contribution is 2.65. The molecule has 0 aromatic rings. The second-order valence-corrected chi connectivity index (χ2v) is 7.08. The van der Waals surface area contributed by atoms with Crippen molar-refractivity contribution in [1.29, 1.82) is 0 Å². The molecule has 4 aliphatic rings. The summed E-state index contributed by atoms with van der Waals surface area (Å²) >= 11 is 0. The Balaban J connectivity index is 1.87. The molecule has 3 heteroatoms. The minimum atomic E-state index is -0.0206. The van der Waals surface area contributed by atoms with Gasteiger partial charge < -0.3 is 9.31 Å². The molecule has 90 valence electrons. The van der Waals surface area contributed by atoms with Crippen LogP contribution in [-0.2, 0) is 9.31 Å². The maximum atomic E-state index is 6.28. The van der Waals surface area contributed by atoms with Gasteiger partial charge in [0.15, 0.2) is 0 Å². The van der Waals surface area contributed by atoms with Crippen molar-refractivity contribution >= 4 is 7.12 Å². The summed E-state index contributed by atoms with van der Waals surface area (Å²) in [6.07, 6.45) is 2.88. The van der Waals surface area contributed by atoms with E-state index in [1.165, 1.54) is 12.8 Å². The molecule has 0 spiro atoms. The largest absolute Gasteiger partial charge is 0.460 e. The van der Waals surface area contributed by atoms with Crippen molar-refractivity contribution in [3.05, 3.63) is 0 Å². The van der Waals surface area contributed by atoms with Crippen molar-refractivity contribution in [2.24, 2.45) is 17.3 Å². The Morgan fingerprint density at radius 3 is 2.44 bits per heavy atom. The molecule has 1 heterocycles. The Labute approximate surface area is 99.2 Å². The van der Waals surface area contributed by atoms with Crippen LogP contribution in [0.1, 0.15) is 47.5 Å². The third kappa shape index (κ3) is 1.17. The van der Waals surface area contributed by atoms with Crippen LogP contribution in [0.2, 0.25) is 5.82 Å². The Morgan fingerprint density at radius 1 is 1.19 bits per heavy atom. The van der Waals surface area contributed by atoms with E-state index in [0.717, 1.165) is 5.92 Å². The number of hydrogen-bond donors (Lipinski definition) is 0. The fraction of sp³-hybridized carbons (Fsp3) is 1.00. The first-order valence-electron chi connectivity index (χ1n) is 6.69. The van der Waals surface area contributed by atoms with Gasteiger partial charge in [-0.05, 0) is 42.8 Å². The predicted molar refractivity (Wildman–Crippen MR) is 65.2 cm³/mol. The van der Waals surface area contributed by atoms with E-state index in [2.05, 4.69) is 34.6 Å². The maximum absolute atomic E-state index is 6.28. The van der Waals surface area contributed by atoms with E-state index < -0.39 is 0 Å². The summed E-state index contributed by atoms with van der Waals surface area (Å²) in [4.78, 5) is 0. The van der Waals surface area contributed by atoms with Crippen LogP contribution in [0.3, 0.4) is 0 Å². The molecule has 4 rings (SSSR count). The van der Waals surface area contributed by atoms with Gasteiger partial charge in [-0.15, -0.1) is 0 Å². The number of hydrogen-bond acceptors (Lipinski definition) is 2. The van der Waals surface area contributed by atoms with Crippen molar-refractivity contribution in [2.75, 3.05) is 0 Å². The lowest BCUT2D eigenvalue weighted by Gasteiger charge is -2.64. The summed E-state index contributed by atoms with van der Waals surface area (Å²) in [5.74, 6) is 2.00. The van der Waals surface area contributed by atoms with Crippen LogP contribution >= 0.6 is 0 Å². The van der Waals surface area contributed by atoms with Crippen LogP contribution < -0.4 is 0 Å². The van der Waals surface area contributed by atoms with Gasteiger partial charge in [-0.25, -0.2) is 0 Å². The Bertz CT molecular complexity index is 315. The van der Waals surface area contributed by atoms with E-state index in [0.29, 0.717) is 23.3 Å². The van der Waals surface area contributed by atoms with E-state index in [4.69, 9.17) is 9.31 Å². The van der Waals surface area contributed by atoms with Gasteiger partial charge in [0.25, 0.3) is 0 Å². The fourth-order valence-corrected chi connectivity index (χ4v) is 4.19. The summed E-state index contributed by atoms with van der Waals surface area (Å²) in [6.45, 7) is 11.4. The molecule has 2 bridgehead atoms. The molecule has 1 aliphatic heterocycles. The standard InChI is InChI=1S/C13H23BO2/c1-8(2)14-15-11-7-9-6-10(12(9,3)4)13(11,5)16-14/h8-11H,6-7H2,1-5H3. The third-order valence-corrected chi connectivity index (χ3v) is 5.51. The lowest BCUT2D eigenvalue weighted by molar-refractivity contribution is -0.199. The SMILES string of the molecule is CC(C)B1OC2CC3CC(C3(C)C)C2(C)O1. The van der Waals surface area contributed by atoms with E-state index in [9.17, 15) is 0 Å². The van der Waals surface area contributed by atoms with Gasteiger partial charge in [0, 0.05) is 0 Å². The van der Waals surface area contributed by atoms with E-state index >= 15 is 0 Å². The summed E-state index contributed by atoms with van der Waals surface area (Å²) in [5.41, 5.74) is 0.438. The first-order chi connectivity index (χ1) is 7.35. The molecule has 2 nitrogen and oxygen atoms in total. The molecule has 4 fully saturated rings. The van der Waals surface area contributed by atoms with Crippen LogP contribution in [0.25, 0.3) is 0 Å².